The van der Waals surface area contributed by atoms with Gasteiger partial charge in [-0.3, -0.25) is 0 Å². The molecule has 0 unspecified atom stereocenters. The molecule has 0 aliphatic rings. The highest BCUT2D eigenvalue weighted by Gasteiger charge is 2.04. The van der Waals surface area contributed by atoms with Crippen molar-refractivity contribution in [3.63, 3.8) is 0 Å². The first-order valence-corrected chi connectivity index (χ1v) is 7.94. The summed E-state index contributed by atoms with van der Waals surface area (Å²) < 4.78 is 0.837. The summed E-state index contributed by atoms with van der Waals surface area (Å²) in [5, 5.41) is 6.56. The van der Waals surface area contributed by atoms with Gasteiger partial charge >= 0.3 is 0 Å². The highest BCUT2D eigenvalue weighted by atomic mass is 35.5. The van der Waals surface area contributed by atoms with E-state index >= 15 is 0 Å². The molecule has 2 aromatic rings. The van der Waals surface area contributed by atoms with Crippen LogP contribution in [0.1, 0.15) is 23.8 Å². The highest BCUT2D eigenvalue weighted by molar-refractivity contribution is 7.16. The van der Waals surface area contributed by atoms with E-state index in [0.717, 1.165) is 41.6 Å². The monoisotopic (exact) mass is 310 g/mol. The number of halogens is 1. The van der Waals surface area contributed by atoms with Gasteiger partial charge in [-0.25, -0.2) is 4.98 Å². The van der Waals surface area contributed by atoms with Gasteiger partial charge < -0.3 is 10.6 Å². The van der Waals surface area contributed by atoms with E-state index in [1.807, 2.05) is 19.2 Å². The van der Waals surface area contributed by atoms with E-state index in [1.165, 1.54) is 4.88 Å². The molecule has 2 N–H and O–H groups in total. The van der Waals surface area contributed by atoms with E-state index in [4.69, 9.17) is 11.6 Å². The molecule has 0 aliphatic carbocycles. The van der Waals surface area contributed by atoms with Gasteiger partial charge in [0.15, 0.2) is 0 Å². The number of hydrogen-bond acceptors (Lipinski definition) is 5. The van der Waals surface area contributed by atoms with Crippen molar-refractivity contribution in [2.24, 2.45) is 0 Å². The number of aryl methyl sites for hydroxylation is 1. The van der Waals surface area contributed by atoms with E-state index in [2.05, 4.69) is 33.6 Å². The lowest BCUT2D eigenvalue weighted by molar-refractivity contribution is 0.944. The van der Waals surface area contributed by atoms with E-state index in [-0.39, 0.29) is 0 Å². The second-order valence-electron chi connectivity index (χ2n) is 4.53. The van der Waals surface area contributed by atoms with Crippen LogP contribution in [0, 0.1) is 6.92 Å². The fourth-order valence-electron chi connectivity index (χ4n) is 1.73. The van der Waals surface area contributed by atoms with Crippen LogP contribution in [0.2, 0.25) is 4.34 Å². The topological polar surface area (TPSA) is 49.8 Å². The van der Waals surface area contributed by atoms with Gasteiger partial charge in [0.2, 0.25) is 5.95 Å². The molecule has 0 fully saturated rings. The molecule has 0 bridgehead atoms. The van der Waals surface area contributed by atoms with Crippen LogP contribution in [0.15, 0.2) is 18.3 Å². The number of nitrogens with one attached hydrogen (secondary N) is 2. The predicted molar refractivity (Wildman–Crippen MR) is 87.1 cm³/mol. The lowest BCUT2D eigenvalue weighted by atomic mass is 10.3. The summed E-state index contributed by atoms with van der Waals surface area (Å²) in [4.78, 5) is 10.0. The summed E-state index contributed by atoms with van der Waals surface area (Å²) in [5.41, 5.74) is 1.05. The standard InChI is InChI=1S/C14H19ClN4S/c1-3-7-17-14-18-9-10(2)13(19-14)16-8-6-11-4-5-12(15)20-11/h4-5,9H,3,6-8H2,1-2H3,(H2,16,17,18,19). The molecule has 0 atom stereocenters. The Kier molecular flexibility index (Phi) is 5.61. The molecular formula is C14H19ClN4S. The van der Waals surface area contributed by atoms with Crippen LogP contribution in [0.25, 0.3) is 0 Å². The Balaban J connectivity index is 1.90. The minimum Gasteiger partial charge on any atom is -0.369 e. The van der Waals surface area contributed by atoms with Crippen molar-refractivity contribution in [2.45, 2.75) is 26.7 Å². The Morgan fingerprint density at radius 2 is 2.10 bits per heavy atom. The van der Waals surface area contributed by atoms with Gasteiger partial charge in [-0.15, -0.1) is 11.3 Å². The van der Waals surface area contributed by atoms with Crippen LogP contribution in [-0.4, -0.2) is 23.1 Å². The van der Waals surface area contributed by atoms with Gasteiger partial charge in [0.05, 0.1) is 4.34 Å². The second-order valence-corrected chi connectivity index (χ2v) is 6.33. The minimum atomic E-state index is 0.680. The summed E-state index contributed by atoms with van der Waals surface area (Å²) in [6.45, 7) is 5.85. The largest absolute Gasteiger partial charge is 0.369 e. The molecule has 108 valence electrons. The van der Waals surface area contributed by atoms with Crippen molar-refractivity contribution in [3.05, 3.63) is 33.1 Å². The van der Waals surface area contributed by atoms with Crippen molar-refractivity contribution < 1.29 is 0 Å². The smallest absolute Gasteiger partial charge is 0.224 e. The zero-order chi connectivity index (χ0) is 14.4. The summed E-state index contributed by atoms with van der Waals surface area (Å²) in [5.74, 6) is 1.57. The fourth-order valence-corrected chi connectivity index (χ4v) is 2.82. The molecule has 2 heterocycles. The first kappa shape index (κ1) is 15.1. The number of hydrogen-bond donors (Lipinski definition) is 2. The molecule has 4 nitrogen and oxygen atoms in total. The molecule has 0 spiro atoms. The molecule has 0 aliphatic heterocycles. The summed E-state index contributed by atoms with van der Waals surface area (Å²) in [6, 6.07) is 4.00. The van der Waals surface area contributed by atoms with Crippen LogP contribution >= 0.6 is 22.9 Å². The van der Waals surface area contributed by atoms with Crippen LogP contribution in [0.4, 0.5) is 11.8 Å². The summed E-state index contributed by atoms with van der Waals surface area (Å²) >= 11 is 7.54. The summed E-state index contributed by atoms with van der Waals surface area (Å²) in [6.07, 6.45) is 3.84. The molecule has 0 saturated carbocycles. The Bertz CT molecular complexity index is 556. The lowest BCUT2D eigenvalue weighted by Gasteiger charge is -2.10. The highest BCUT2D eigenvalue weighted by Crippen LogP contribution is 2.22. The number of rotatable bonds is 7. The molecular weight excluding hydrogens is 292 g/mol. The number of thiophene rings is 1. The van der Waals surface area contributed by atoms with Gasteiger partial charge in [0, 0.05) is 29.7 Å². The Labute approximate surface area is 128 Å². The van der Waals surface area contributed by atoms with Crippen molar-refractivity contribution in [1.29, 1.82) is 0 Å². The number of aromatic nitrogens is 2. The molecule has 0 saturated heterocycles. The first-order valence-electron chi connectivity index (χ1n) is 6.74. The Hall–Kier alpha value is -1.33. The predicted octanol–water partition coefficient (Wildman–Crippen LogP) is 3.98. The van der Waals surface area contributed by atoms with Crippen molar-refractivity contribution in [3.8, 4) is 0 Å². The average molecular weight is 311 g/mol. The van der Waals surface area contributed by atoms with Crippen LogP contribution in [0.5, 0.6) is 0 Å². The SMILES string of the molecule is CCCNc1ncc(C)c(NCCc2ccc(Cl)s2)n1. The second kappa shape index (κ2) is 7.45. The van der Waals surface area contributed by atoms with Crippen LogP contribution < -0.4 is 10.6 Å². The molecule has 6 heteroatoms. The quantitative estimate of drug-likeness (QED) is 0.812. The molecule has 0 amide bonds. The van der Waals surface area contributed by atoms with Gasteiger partial charge in [-0.2, -0.15) is 4.98 Å². The Morgan fingerprint density at radius 3 is 2.80 bits per heavy atom. The number of anilines is 2. The first-order chi connectivity index (χ1) is 9.69. The maximum atomic E-state index is 5.92. The molecule has 2 rings (SSSR count). The minimum absolute atomic E-state index is 0.680. The maximum absolute atomic E-state index is 5.92. The van der Waals surface area contributed by atoms with Crippen molar-refractivity contribution in [2.75, 3.05) is 23.7 Å². The average Bonchev–Trinajstić information content (AvgIpc) is 2.85. The maximum Gasteiger partial charge on any atom is 0.224 e. The zero-order valence-corrected chi connectivity index (χ0v) is 13.3. The van der Waals surface area contributed by atoms with Gasteiger partial charge in [0.1, 0.15) is 5.82 Å². The fraction of sp³-hybridized carbons (Fsp3) is 0.429. The van der Waals surface area contributed by atoms with Gasteiger partial charge in [-0.1, -0.05) is 18.5 Å². The molecule has 20 heavy (non-hydrogen) atoms. The lowest BCUT2D eigenvalue weighted by Crippen LogP contribution is -2.10. The van der Waals surface area contributed by atoms with Crippen molar-refractivity contribution >= 4 is 34.7 Å². The third-order valence-corrected chi connectivity index (χ3v) is 4.09. The van der Waals surface area contributed by atoms with Gasteiger partial charge in [0.25, 0.3) is 0 Å². The third kappa shape index (κ3) is 4.35. The van der Waals surface area contributed by atoms with E-state index in [1.54, 1.807) is 11.3 Å². The Morgan fingerprint density at radius 1 is 1.25 bits per heavy atom. The molecule has 2 aromatic heterocycles. The summed E-state index contributed by atoms with van der Waals surface area (Å²) in [7, 11) is 0. The van der Waals surface area contributed by atoms with E-state index in [0.29, 0.717) is 5.95 Å². The van der Waals surface area contributed by atoms with Crippen molar-refractivity contribution in [1.82, 2.24) is 9.97 Å². The van der Waals surface area contributed by atoms with E-state index in [9.17, 15) is 0 Å². The van der Waals surface area contributed by atoms with Gasteiger partial charge in [-0.05, 0) is 31.9 Å². The number of nitrogens with zero attached hydrogens (tertiary/aromatic N) is 2. The van der Waals surface area contributed by atoms with E-state index < -0.39 is 0 Å². The third-order valence-electron chi connectivity index (χ3n) is 2.80. The van der Waals surface area contributed by atoms with Crippen LogP contribution in [-0.2, 0) is 6.42 Å². The van der Waals surface area contributed by atoms with Crippen LogP contribution in [0.3, 0.4) is 0 Å². The molecule has 0 aromatic carbocycles. The molecule has 0 radical (unpaired) electrons. The normalized spacial score (nSPS) is 10.6. The zero-order valence-electron chi connectivity index (χ0n) is 11.7.